The molecule has 2 aromatic carbocycles. The van der Waals surface area contributed by atoms with E-state index >= 15 is 0 Å². The Hall–Kier alpha value is -3.32. The second-order valence-electron chi connectivity index (χ2n) is 8.12. The molecule has 2 heterocycles. The van der Waals surface area contributed by atoms with Crippen LogP contribution in [0.1, 0.15) is 33.2 Å². The van der Waals surface area contributed by atoms with Gasteiger partial charge in [0.2, 0.25) is 0 Å². The van der Waals surface area contributed by atoms with E-state index in [9.17, 15) is 14.0 Å². The van der Waals surface area contributed by atoms with Crippen LogP contribution in [0.15, 0.2) is 48.5 Å². The first-order chi connectivity index (χ1) is 15.4. The van der Waals surface area contributed by atoms with Crippen molar-refractivity contribution in [3.63, 3.8) is 0 Å². The van der Waals surface area contributed by atoms with Gasteiger partial charge in [-0.2, -0.15) is 0 Å². The van der Waals surface area contributed by atoms with Crippen molar-refractivity contribution in [2.45, 2.75) is 19.9 Å². The molecule has 1 aliphatic rings. The molecule has 1 fully saturated rings. The van der Waals surface area contributed by atoms with Crippen LogP contribution >= 0.6 is 0 Å². The second-order valence-corrected chi connectivity index (χ2v) is 8.12. The summed E-state index contributed by atoms with van der Waals surface area (Å²) in [7, 11) is 1.34. The van der Waals surface area contributed by atoms with Crippen molar-refractivity contribution in [2.75, 3.05) is 33.3 Å². The van der Waals surface area contributed by atoms with Crippen LogP contribution in [0.4, 0.5) is 4.39 Å². The number of ether oxygens (including phenoxy) is 1. The average molecular weight is 435 g/mol. The largest absolute Gasteiger partial charge is 0.468 e. The van der Waals surface area contributed by atoms with Gasteiger partial charge in [-0.3, -0.25) is 14.7 Å². The molecule has 4 rings (SSSR count). The molecule has 0 unspecified atom stereocenters. The van der Waals surface area contributed by atoms with Gasteiger partial charge in [0.25, 0.3) is 5.91 Å². The van der Waals surface area contributed by atoms with Gasteiger partial charge in [-0.25, -0.2) is 9.18 Å². The number of benzene rings is 2. The maximum absolute atomic E-state index is 13.3. The van der Waals surface area contributed by atoms with Crippen LogP contribution in [0.5, 0.6) is 0 Å². The summed E-state index contributed by atoms with van der Waals surface area (Å²) in [5, 5.41) is 0.944. The number of aryl methyl sites for hydroxylation is 2. The van der Waals surface area contributed by atoms with Gasteiger partial charge in [0, 0.05) is 31.6 Å². The van der Waals surface area contributed by atoms with E-state index in [0.29, 0.717) is 43.0 Å². The summed E-state index contributed by atoms with van der Waals surface area (Å²) in [6.07, 6.45) is 0. The van der Waals surface area contributed by atoms with Crippen LogP contribution in [0.25, 0.3) is 10.9 Å². The van der Waals surface area contributed by atoms with E-state index in [0.717, 1.165) is 16.5 Å². The van der Waals surface area contributed by atoms with Crippen LogP contribution in [0.2, 0.25) is 0 Å². The minimum atomic E-state index is -0.634. The number of nitrogens with zero attached hydrogens (tertiary/aromatic N) is 3. The number of hydrogen-bond donors (Lipinski definition) is 0. The first-order valence-corrected chi connectivity index (χ1v) is 10.6. The molecule has 1 aliphatic heterocycles. The zero-order valence-electron chi connectivity index (χ0n) is 18.5. The lowest BCUT2D eigenvalue weighted by Gasteiger charge is -2.38. The lowest BCUT2D eigenvalue weighted by atomic mass is 10.0. The van der Waals surface area contributed by atoms with E-state index in [2.05, 4.69) is 4.98 Å². The molecule has 1 amide bonds. The van der Waals surface area contributed by atoms with Crippen LogP contribution in [0, 0.1) is 19.7 Å². The van der Waals surface area contributed by atoms with E-state index in [1.165, 1.54) is 19.2 Å². The van der Waals surface area contributed by atoms with Gasteiger partial charge in [0.05, 0.1) is 23.9 Å². The van der Waals surface area contributed by atoms with E-state index in [4.69, 9.17) is 4.74 Å². The van der Waals surface area contributed by atoms with E-state index in [1.54, 1.807) is 17.0 Å². The van der Waals surface area contributed by atoms with Crippen molar-refractivity contribution in [3.8, 4) is 0 Å². The molecule has 1 aromatic heterocycles. The number of hydrogen-bond acceptors (Lipinski definition) is 5. The van der Waals surface area contributed by atoms with E-state index in [1.807, 2.05) is 43.0 Å². The summed E-state index contributed by atoms with van der Waals surface area (Å²) in [6.45, 7) is 5.81. The summed E-state index contributed by atoms with van der Waals surface area (Å²) in [4.78, 5) is 34.1. The van der Waals surface area contributed by atoms with Gasteiger partial charge in [0.15, 0.2) is 0 Å². The first-order valence-electron chi connectivity index (χ1n) is 10.6. The van der Waals surface area contributed by atoms with Crippen LogP contribution in [-0.2, 0) is 9.53 Å². The Labute approximate surface area is 186 Å². The highest BCUT2D eigenvalue weighted by Gasteiger charge is 2.33. The fourth-order valence-electron chi connectivity index (χ4n) is 4.21. The molecule has 32 heavy (non-hydrogen) atoms. The molecule has 0 radical (unpaired) electrons. The number of aromatic nitrogens is 1. The molecule has 3 aromatic rings. The molecular weight excluding hydrogens is 409 g/mol. The number of rotatable bonds is 4. The third-order valence-electron chi connectivity index (χ3n) is 5.97. The van der Waals surface area contributed by atoms with Crippen molar-refractivity contribution >= 4 is 22.8 Å². The fraction of sp³-hybridized carbons (Fsp3) is 0.320. The zero-order chi connectivity index (χ0) is 22.8. The third-order valence-corrected chi connectivity index (χ3v) is 5.97. The van der Waals surface area contributed by atoms with Crippen molar-refractivity contribution in [3.05, 3.63) is 76.7 Å². The summed E-state index contributed by atoms with van der Waals surface area (Å²) in [5.41, 5.74) is 3.95. The molecule has 0 N–H and O–H groups in total. The Kier molecular flexibility index (Phi) is 6.19. The molecule has 166 valence electrons. The normalized spacial score (nSPS) is 15.6. The SMILES string of the molecule is COC(=O)[C@H](c1ccc(F)cc1)N1CCN(C(=O)c2cc3cc(C)ccc3nc2C)CC1. The topological polar surface area (TPSA) is 62.7 Å². The number of amides is 1. The molecule has 0 spiro atoms. The Morgan fingerprint density at radius 1 is 1.00 bits per heavy atom. The smallest absolute Gasteiger partial charge is 0.327 e. The van der Waals surface area contributed by atoms with E-state index < -0.39 is 12.0 Å². The quantitative estimate of drug-likeness (QED) is 0.586. The van der Waals surface area contributed by atoms with Gasteiger partial charge in [0.1, 0.15) is 11.9 Å². The summed E-state index contributed by atoms with van der Waals surface area (Å²) in [6, 6.07) is 13.1. The Balaban J connectivity index is 1.51. The van der Waals surface area contributed by atoms with Crippen LogP contribution in [0.3, 0.4) is 0 Å². The summed E-state index contributed by atoms with van der Waals surface area (Å²) in [5.74, 6) is -0.821. The minimum Gasteiger partial charge on any atom is -0.468 e. The lowest BCUT2D eigenvalue weighted by Crippen LogP contribution is -2.51. The fourth-order valence-corrected chi connectivity index (χ4v) is 4.21. The molecule has 1 saturated heterocycles. The Morgan fingerprint density at radius 3 is 2.34 bits per heavy atom. The van der Waals surface area contributed by atoms with Gasteiger partial charge in [-0.15, -0.1) is 0 Å². The number of carbonyl (C=O) groups excluding carboxylic acids is 2. The maximum atomic E-state index is 13.3. The zero-order valence-corrected chi connectivity index (χ0v) is 18.5. The number of halogens is 1. The second kappa shape index (κ2) is 9.04. The van der Waals surface area contributed by atoms with Gasteiger partial charge in [-0.1, -0.05) is 23.8 Å². The highest BCUT2D eigenvalue weighted by atomic mass is 19.1. The summed E-state index contributed by atoms with van der Waals surface area (Å²) < 4.78 is 18.3. The van der Waals surface area contributed by atoms with Gasteiger partial charge < -0.3 is 9.64 Å². The van der Waals surface area contributed by atoms with Crippen molar-refractivity contribution < 1.29 is 18.7 Å². The molecule has 7 heteroatoms. The van der Waals surface area contributed by atoms with Gasteiger partial charge >= 0.3 is 5.97 Å². The summed E-state index contributed by atoms with van der Waals surface area (Å²) >= 11 is 0. The van der Waals surface area contributed by atoms with E-state index in [-0.39, 0.29) is 11.7 Å². The van der Waals surface area contributed by atoms with Crippen molar-refractivity contribution in [1.29, 1.82) is 0 Å². The molecule has 1 atom stereocenters. The minimum absolute atomic E-state index is 0.0607. The van der Waals surface area contributed by atoms with Gasteiger partial charge in [-0.05, 0) is 49.7 Å². The number of pyridine rings is 1. The predicted molar refractivity (Wildman–Crippen MR) is 120 cm³/mol. The highest BCUT2D eigenvalue weighted by molar-refractivity contribution is 5.98. The molecule has 0 bridgehead atoms. The first kappa shape index (κ1) is 21.9. The van der Waals surface area contributed by atoms with Crippen molar-refractivity contribution in [2.24, 2.45) is 0 Å². The number of carbonyl (C=O) groups is 2. The molecule has 0 saturated carbocycles. The van der Waals surface area contributed by atoms with Crippen LogP contribution in [-0.4, -0.2) is 59.9 Å². The van der Waals surface area contributed by atoms with Crippen molar-refractivity contribution in [1.82, 2.24) is 14.8 Å². The molecule has 0 aliphatic carbocycles. The Bertz CT molecular complexity index is 1160. The lowest BCUT2D eigenvalue weighted by molar-refractivity contribution is -0.148. The molecular formula is C25H26FN3O3. The van der Waals surface area contributed by atoms with Crippen LogP contribution < -0.4 is 0 Å². The standard InChI is InChI=1S/C25H26FN3O3/c1-16-4-9-22-19(14-16)15-21(17(2)27-22)24(30)29-12-10-28(11-13-29)23(25(31)32-3)18-5-7-20(26)8-6-18/h4-9,14-15,23H,10-13H2,1-3H3/t23-/m0/s1. The monoisotopic (exact) mass is 435 g/mol. The number of fused-ring (bicyclic) bond motifs is 1. The predicted octanol–water partition coefficient (Wildman–Crippen LogP) is 3.66. The number of methoxy groups -OCH3 is 1. The number of piperazine rings is 1. The number of esters is 1. The third kappa shape index (κ3) is 4.34. The maximum Gasteiger partial charge on any atom is 0.327 e. The highest BCUT2D eigenvalue weighted by Crippen LogP contribution is 2.25. The molecule has 6 nitrogen and oxygen atoms in total. The average Bonchev–Trinajstić information content (AvgIpc) is 2.80. The Morgan fingerprint density at radius 2 is 1.69 bits per heavy atom.